The molecule has 1 saturated heterocycles. The Kier molecular flexibility index (Phi) is 4.43. The van der Waals surface area contributed by atoms with Crippen molar-refractivity contribution in [3.63, 3.8) is 0 Å². The Balaban J connectivity index is 1.47. The molecule has 2 amide bonds. The summed E-state index contributed by atoms with van der Waals surface area (Å²) >= 11 is 0. The van der Waals surface area contributed by atoms with E-state index in [9.17, 15) is 4.79 Å². The predicted molar refractivity (Wildman–Crippen MR) is 83.7 cm³/mol. The number of carbonyl (C=O) groups excluding carboxylic acids is 1. The number of amides is 2. The molecular formula is C15H18N6O. The van der Waals surface area contributed by atoms with E-state index in [1.54, 1.807) is 43.0 Å². The first-order valence-electron chi connectivity index (χ1n) is 7.31. The summed E-state index contributed by atoms with van der Waals surface area (Å²) in [6, 6.07) is 5.31. The number of aromatic nitrogens is 3. The topological polar surface area (TPSA) is 83.0 Å². The third-order valence-electron chi connectivity index (χ3n) is 3.60. The van der Waals surface area contributed by atoms with Gasteiger partial charge in [-0.05, 0) is 31.0 Å². The highest BCUT2D eigenvalue weighted by Crippen LogP contribution is 2.15. The fourth-order valence-corrected chi connectivity index (χ4v) is 2.47. The van der Waals surface area contributed by atoms with Crippen LogP contribution < -0.4 is 15.5 Å². The molecule has 3 rings (SSSR count). The summed E-state index contributed by atoms with van der Waals surface area (Å²) in [5.74, 6) is 0.752. The van der Waals surface area contributed by atoms with Crippen molar-refractivity contribution in [3.05, 3.63) is 43.0 Å². The molecule has 0 aromatic carbocycles. The second kappa shape index (κ2) is 6.84. The Morgan fingerprint density at radius 2 is 1.77 bits per heavy atom. The molecule has 0 bridgehead atoms. The molecule has 1 aliphatic heterocycles. The highest BCUT2D eigenvalue weighted by atomic mass is 16.2. The molecule has 114 valence electrons. The number of hydrogen-bond donors (Lipinski definition) is 2. The van der Waals surface area contributed by atoms with Crippen LogP contribution in [0, 0.1) is 0 Å². The van der Waals surface area contributed by atoms with Gasteiger partial charge in [-0.2, -0.15) is 0 Å². The van der Waals surface area contributed by atoms with Crippen molar-refractivity contribution in [2.24, 2.45) is 0 Å². The first-order valence-corrected chi connectivity index (χ1v) is 7.31. The minimum atomic E-state index is -0.180. The van der Waals surface area contributed by atoms with Crippen molar-refractivity contribution < 1.29 is 4.79 Å². The highest BCUT2D eigenvalue weighted by molar-refractivity contribution is 5.89. The van der Waals surface area contributed by atoms with Crippen LogP contribution in [0.2, 0.25) is 0 Å². The van der Waals surface area contributed by atoms with Gasteiger partial charge in [-0.15, -0.1) is 0 Å². The van der Waals surface area contributed by atoms with Gasteiger partial charge in [0, 0.05) is 49.6 Å². The van der Waals surface area contributed by atoms with Crippen LogP contribution in [0.4, 0.5) is 16.4 Å². The molecule has 0 unspecified atom stereocenters. The zero-order chi connectivity index (χ0) is 15.2. The lowest BCUT2D eigenvalue weighted by Crippen LogP contribution is -2.46. The summed E-state index contributed by atoms with van der Waals surface area (Å²) in [6.45, 7) is 1.68. The first-order chi connectivity index (χ1) is 10.8. The van der Waals surface area contributed by atoms with Gasteiger partial charge in [-0.3, -0.25) is 4.98 Å². The number of carbonyl (C=O) groups is 1. The third kappa shape index (κ3) is 3.69. The van der Waals surface area contributed by atoms with Crippen molar-refractivity contribution in [2.75, 3.05) is 23.3 Å². The molecule has 2 aromatic heterocycles. The van der Waals surface area contributed by atoms with Crippen LogP contribution in [0.3, 0.4) is 0 Å². The molecule has 2 N–H and O–H groups in total. The lowest BCUT2D eigenvalue weighted by Gasteiger charge is -2.32. The zero-order valence-electron chi connectivity index (χ0n) is 12.1. The second-order valence-electron chi connectivity index (χ2n) is 5.14. The lowest BCUT2D eigenvalue weighted by atomic mass is 10.1. The van der Waals surface area contributed by atoms with E-state index in [1.165, 1.54) is 0 Å². The largest absolute Gasteiger partial charge is 0.341 e. The number of nitrogens with zero attached hydrogens (tertiary/aromatic N) is 4. The zero-order valence-corrected chi connectivity index (χ0v) is 12.1. The average molecular weight is 298 g/mol. The van der Waals surface area contributed by atoms with Gasteiger partial charge in [0.2, 0.25) is 5.95 Å². The minimum Gasteiger partial charge on any atom is -0.341 e. The van der Waals surface area contributed by atoms with Crippen molar-refractivity contribution in [2.45, 2.75) is 18.9 Å². The number of nitrogens with one attached hydrogen (secondary N) is 2. The molecule has 0 spiro atoms. The van der Waals surface area contributed by atoms with Crippen LogP contribution in [-0.2, 0) is 0 Å². The van der Waals surface area contributed by atoms with Crippen LogP contribution in [0.1, 0.15) is 12.8 Å². The monoisotopic (exact) mass is 298 g/mol. The van der Waals surface area contributed by atoms with Gasteiger partial charge < -0.3 is 15.5 Å². The fourth-order valence-electron chi connectivity index (χ4n) is 2.47. The van der Waals surface area contributed by atoms with Crippen LogP contribution in [0.5, 0.6) is 0 Å². The molecule has 22 heavy (non-hydrogen) atoms. The summed E-state index contributed by atoms with van der Waals surface area (Å²) in [6.07, 6.45) is 8.54. The number of piperidine rings is 1. The van der Waals surface area contributed by atoms with E-state index in [4.69, 9.17) is 0 Å². The summed E-state index contributed by atoms with van der Waals surface area (Å²) in [4.78, 5) is 26.5. The first kappa shape index (κ1) is 14.2. The normalized spacial score (nSPS) is 15.4. The summed E-state index contributed by atoms with van der Waals surface area (Å²) in [5, 5.41) is 5.81. The standard InChI is InChI=1S/C15H18N6O/c22-15(19-12-2-8-16-9-3-12)20-13-4-10-21(11-5-13)14-17-6-1-7-18-14/h1-3,6-9,13H,4-5,10-11H2,(H2,16,19,20,22). The third-order valence-corrected chi connectivity index (χ3v) is 3.60. The summed E-state index contributed by atoms with van der Waals surface area (Å²) < 4.78 is 0. The van der Waals surface area contributed by atoms with E-state index in [0.717, 1.165) is 37.6 Å². The number of anilines is 2. The van der Waals surface area contributed by atoms with Crippen molar-refractivity contribution in [3.8, 4) is 0 Å². The molecule has 3 heterocycles. The quantitative estimate of drug-likeness (QED) is 0.900. The van der Waals surface area contributed by atoms with Crippen molar-refractivity contribution in [1.82, 2.24) is 20.3 Å². The lowest BCUT2D eigenvalue weighted by molar-refractivity contribution is 0.246. The van der Waals surface area contributed by atoms with Gasteiger partial charge >= 0.3 is 6.03 Å². The second-order valence-corrected chi connectivity index (χ2v) is 5.14. The van der Waals surface area contributed by atoms with Crippen LogP contribution >= 0.6 is 0 Å². The molecule has 7 nitrogen and oxygen atoms in total. The predicted octanol–water partition coefficient (Wildman–Crippen LogP) is 1.66. The average Bonchev–Trinajstić information content (AvgIpc) is 2.57. The Hall–Kier alpha value is -2.70. The molecule has 1 aliphatic rings. The van der Waals surface area contributed by atoms with Gasteiger partial charge in [0.05, 0.1) is 0 Å². The molecule has 0 saturated carbocycles. The van der Waals surface area contributed by atoms with E-state index in [0.29, 0.717) is 0 Å². The van der Waals surface area contributed by atoms with E-state index in [1.807, 2.05) is 0 Å². The fraction of sp³-hybridized carbons (Fsp3) is 0.333. The molecular weight excluding hydrogens is 280 g/mol. The van der Waals surface area contributed by atoms with Gasteiger partial charge in [-0.25, -0.2) is 14.8 Å². The maximum Gasteiger partial charge on any atom is 0.319 e. The Morgan fingerprint density at radius 1 is 1.09 bits per heavy atom. The Morgan fingerprint density at radius 3 is 2.45 bits per heavy atom. The van der Waals surface area contributed by atoms with Crippen LogP contribution in [-0.4, -0.2) is 40.1 Å². The summed E-state index contributed by atoms with van der Waals surface area (Å²) in [7, 11) is 0. The maximum absolute atomic E-state index is 12.0. The van der Waals surface area contributed by atoms with Gasteiger partial charge in [0.1, 0.15) is 0 Å². The number of rotatable bonds is 3. The van der Waals surface area contributed by atoms with Gasteiger partial charge in [0.15, 0.2) is 0 Å². The molecule has 7 heteroatoms. The molecule has 2 aromatic rings. The maximum atomic E-state index is 12.0. The molecule has 1 fully saturated rings. The minimum absolute atomic E-state index is 0.168. The summed E-state index contributed by atoms with van der Waals surface area (Å²) in [5.41, 5.74) is 0.739. The van der Waals surface area contributed by atoms with Crippen LogP contribution in [0.25, 0.3) is 0 Å². The van der Waals surface area contributed by atoms with Crippen molar-refractivity contribution in [1.29, 1.82) is 0 Å². The van der Waals surface area contributed by atoms with Crippen molar-refractivity contribution >= 4 is 17.7 Å². The van der Waals surface area contributed by atoms with E-state index >= 15 is 0 Å². The molecule has 0 radical (unpaired) electrons. The number of pyridine rings is 1. The number of hydrogen-bond acceptors (Lipinski definition) is 5. The molecule has 0 atom stereocenters. The Bertz CT molecular complexity index is 598. The number of urea groups is 1. The molecule has 0 aliphatic carbocycles. The van der Waals surface area contributed by atoms with E-state index in [-0.39, 0.29) is 12.1 Å². The van der Waals surface area contributed by atoms with Gasteiger partial charge in [-0.1, -0.05) is 0 Å². The highest BCUT2D eigenvalue weighted by Gasteiger charge is 2.21. The van der Waals surface area contributed by atoms with Crippen LogP contribution in [0.15, 0.2) is 43.0 Å². The SMILES string of the molecule is O=C(Nc1ccncc1)NC1CCN(c2ncccn2)CC1. The Labute approximate surface area is 128 Å². The van der Waals surface area contributed by atoms with Gasteiger partial charge in [0.25, 0.3) is 0 Å². The smallest absolute Gasteiger partial charge is 0.319 e. The van der Waals surface area contributed by atoms with E-state index in [2.05, 4.69) is 30.5 Å². The van der Waals surface area contributed by atoms with E-state index < -0.39 is 0 Å².